The van der Waals surface area contributed by atoms with Crippen LogP contribution in [0.2, 0.25) is 0 Å². The van der Waals surface area contributed by atoms with E-state index in [-0.39, 0.29) is 0 Å². The highest BCUT2D eigenvalue weighted by molar-refractivity contribution is 6.12. The van der Waals surface area contributed by atoms with Gasteiger partial charge in [-0.2, -0.15) is 0 Å². The lowest BCUT2D eigenvalue weighted by Crippen LogP contribution is -2.09. The first kappa shape index (κ1) is 36.3. The van der Waals surface area contributed by atoms with Crippen molar-refractivity contribution in [2.24, 2.45) is 0 Å². The second-order valence-corrected chi connectivity index (χ2v) is 17.3. The average Bonchev–Trinajstić information content (AvgIpc) is 4.02. The molecule has 12 aromatic carbocycles. The fourth-order valence-corrected chi connectivity index (χ4v) is 9.89. The van der Waals surface area contributed by atoms with E-state index in [1.165, 1.54) is 32.3 Å². The van der Waals surface area contributed by atoms with Crippen LogP contribution in [-0.4, -0.2) is 9.97 Å². The predicted octanol–water partition coefficient (Wildman–Crippen LogP) is 17.4. The quantitative estimate of drug-likeness (QED) is 0.156. The van der Waals surface area contributed by atoms with Crippen LogP contribution in [0.1, 0.15) is 1.37 Å². The maximum Gasteiger partial charge on any atom is 0.227 e. The number of nitrogens with zero attached hydrogens (tertiary/aromatic N) is 3. The monoisotopic (exact) mass is 856 g/mol. The number of rotatable bonds is 6. The van der Waals surface area contributed by atoms with E-state index in [1.54, 1.807) is 0 Å². The number of oxazole rings is 2. The molecule has 0 saturated carbocycles. The van der Waals surface area contributed by atoms with Crippen LogP contribution < -0.4 is 4.90 Å². The highest BCUT2D eigenvalue weighted by Gasteiger charge is 2.18. The predicted molar refractivity (Wildman–Crippen MR) is 278 cm³/mol. The maximum atomic E-state index is 9.32. The Morgan fingerprint density at radius 1 is 0.313 bits per heavy atom. The van der Waals surface area contributed by atoms with Gasteiger partial charge in [0.2, 0.25) is 11.8 Å². The first-order valence-corrected chi connectivity index (χ1v) is 22.5. The lowest BCUT2D eigenvalue weighted by atomic mass is 9.98. The van der Waals surface area contributed by atoms with Gasteiger partial charge in [0.25, 0.3) is 0 Å². The van der Waals surface area contributed by atoms with E-state index in [4.69, 9.17) is 18.8 Å². The second kappa shape index (κ2) is 14.7. The van der Waals surface area contributed by atoms with Crippen LogP contribution in [0.3, 0.4) is 0 Å². The molecule has 0 unspecified atom stereocenters. The summed E-state index contributed by atoms with van der Waals surface area (Å²) < 4.78 is 22.2. The Bertz CT molecular complexity index is 4150. The van der Waals surface area contributed by atoms with Crippen LogP contribution >= 0.6 is 0 Å². The van der Waals surface area contributed by atoms with Crippen molar-refractivity contribution in [3.05, 3.63) is 224 Å². The Morgan fingerprint density at radius 3 is 1.33 bits per heavy atom. The third-order valence-corrected chi connectivity index (χ3v) is 13.3. The summed E-state index contributed by atoms with van der Waals surface area (Å²) in [6.45, 7) is 0. The lowest BCUT2D eigenvalue weighted by molar-refractivity contribution is 0.620. The Labute approximate surface area is 385 Å². The summed E-state index contributed by atoms with van der Waals surface area (Å²) in [4.78, 5) is 12.2. The molecule has 0 amide bonds. The van der Waals surface area contributed by atoms with Gasteiger partial charge in [-0.05, 0) is 173 Å². The molecule has 0 atom stereocenters. The van der Waals surface area contributed by atoms with Crippen LogP contribution in [0.15, 0.2) is 233 Å². The topological polar surface area (TPSA) is 55.3 Å². The molecule has 0 aliphatic carbocycles. The third kappa shape index (κ3) is 6.32. The van der Waals surface area contributed by atoms with Crippen LogP contribution in [0.4, 0.5) is 17.1 Å². The number of benzene rings is 12. The number of hydrogen-bond acceptors (Lipinski definition) is 5. The van der Waals surface area contributed by atoms with Gasteiger partial charge in [0.05, 0.1) is 1.37 Å². The summed E-state index contributed by atoms with van der Waals surface area (Å²) in [6.07, 6.45) is 0. The minimum Gasteiger partial charge on any atom is -0.436 e. The largest absolute Gasteiger partial charge is 0.436 e. The Balaban J connectivity index is 0.849. The van der Waals surface area contributed by atoms with E-state index in [9.17, 15) is 1.37 Å². The molecular weight excluding hydrogens is 819 g/mol. The molecule has 67 heavy (non-hydrogen) atoms. The molecule has 14 rings (SSSR count). The lowest BCUT2D eigenvalue weighted by Gasteiger charge is -2.26. The van der Waals surface area contributed by atoms with E-state index < -0.39 is 0 Å². The summed E-state index contributed by atoms with van der Waals surface area (Å²) in [5.74, 6) is 1.13. The second-order valence-electron chi connectivity index (χ2n) is 17.3. The average molecular weight is 857 g/mol. The minimum atomic E-state index is 0.464. The normalized spacial score (nSPS) is 12.1. The van der Waals surface area contributed by atoms with Gasteiger partial charge in [-0.15, -0.1) is 0 Å². The van der Waals surface area contributed by atoms with Gasteiger partial charge in [0, 0.05) is 28.2 Å². The Hall–Kier alpha value is -9.06. The van der Waals surface area contributed by atoms with Gasteiger partial charge in [0.15, 0.2) is 11.2 Å². The smallest absolute Gasteiger partial charge is 0.227 e. The first-order chi connectivity index (χ1) is 33.5. The molecule has 2 aromatic heterocycles. The van der Waals surface area contributed by atoms with Crippen molar-refractivity contribution >= 4 is 104 Å². The van der Waals surface area contributed by atoms with E-state index >= 15 is 0 Å². The van der Waals surface area contributed by atoms with Crippen LogP contribution in [0.5, 0.6) is 0 Å². The molecule has 312 valence electrons. The van der Waals surface area contributed by atoms with Gasteiger partial charge >= 0.3 is 0 Å². The molecule has 0 fully saturated rings. The summed E-state index contributed by atoms with van der Waals surface area (Å²) in [6, 6.07) is 76.5. The van der Waals surface area contributed by atoms with Gasteiger partial charge in [-0.3, -0.25) is 0 Å². The molecule has 0 saturated heterocycles. The van der Waals surface area contributed by atoms with Crippen molar-refractivity contribution in [3.63, 3.8) is 0 Å². The van der Waals surface area contributed by atoms with Crippen molar-refractivity contribution in [3.8, 4) is 34.0 Å². The number of anilines is 3. The molecule has 2 heterocycles. The van der Waals surface area contributed by atoms with Crippen molar-refractivity contribution < 1.29 is 10.2 Å². The standard InChI is InChI=1S/C62H37N3O2/c1-2-10-43-31-44(16-13-38(43)7-1)45-17-18-47-33-52(30-25-46(47)32-45)65(50-26-21-41(22-27-50)61-63-57-36-55-48(34-59(57)66-61)19-14-39-8-3-5-11-53(39)55)51-28-23-42(24-29-51)62-64-58-37-56-49(35-60(58)67-62)20-15-40-9-4-6-12-54(40)56/h1-37H/i18D. The van der Waals surface area contributed by atoms with E-state index in [1.807, 2.05) is 6.07 Å². The van der Waals surface area contributed by atoms with E-state index in [0.29, 0.717) is 17.8 Å². The molecule has 0 aliphatic rings. The van der Waals surface area contributed by atoms with E-state index in [2.05, 4.69) is 217 Å². The molecule has 0 radical (unpaired) electrons. The number of aromatic nitrogens is 2. The first-order valence-electron chi connectivity index (χ1n) is 23.0. The van der Waals surface area contributed by atoms with Gasteiger partial charge in [0.1, 0.15) is 11.0 Å². The molecule has 5 heteroatoms. The summed E-state index contributed by atoms with van der Waals surface area (Å²) in [5.41, 5.74) is 9.80. The van der Waals surface area contributed by atoms with E-state index in [0.717, 1.165) is 93.8 Å². The molecule has 14 aromatic rings. The number of fused-ring (bicyclic) bond motifs is 10. The van der Waals surface area contributed by atoms with Crippen LogP contribution in [-0.2, 0) is 0 Å². The van der Waals surface area contributed by atoms with Crippen molar-refractivity contribution in [1.29, 1.82) is 0 Å². The Morgan fingerprint density at radius 2 is 0.746 bits per heavy atom. The molecular formula is C62H37N3O2. The summed E-state index contributed by atoms with van der Waals surface area (Å²) in [5, 5.41) is 13.6. The molecule has 0 N–H and O–H groups in total. The molecule has 0 bridgehead atoms. The fraction of sp³-hybridized carbons (Fsp3) is 0. The number of hydrogen-bond donors (Lipinski definition) is 0. The highest BCUT2D eigenvalue weighted by atomic mass is 16.4. The minimum absolute atomic E-state index is 0.464. The van der Waals surface area contributed by atoms with Crippen molar-refractivity contribution in [1.82, 2.24) is 9.97 Å². The summed E-state index contributed by atoms with van der Waals surface area (Å²) in [7, 11) is 0. The van der Waals surface area contributed by atoms with Crippen LogP contribution in [0.25, 0.3) is 121 Å². The molecule has 5 nitrogen and oxygen atoms in total. The zero-order valence-electron chi connectivity index (χ0n) is 36.9. The van der Waals surface area contributed by atoms with Gasteiger partial charge in [-0.25, -0.2) is 9.97 Å². The summed E-state index contributed by atoms with van der Waals surface area (Å²) >= 11 is 0. The van der Waals surface area contributed by atoms with Crippen molar-refractivity contribution in [2.45, 2.75) is 0 Å². The van der Waals surface area contributed by atoms with Crippen LogP contribution in [0, 0.1) is 0 Å². The van der Waals surface area contributed by atoms with Crippen molar-refractivity contribution in [2.75, 3.05) is 4.90 Å². The SMILES string of the molecule is [2H]c1cc(-c2ccc3ccccc3c2)cc2ccc(N(c3ccc(-c4nc5cc6c(ccc7ccccc76)cc5o4)cc3)c3ccc(-c4nc5cc6c(ccc7ccccc76)cc5o4)cc3)cc12. The zero-order chi connectivity index (χ0) is 44.9. The molecule has 0 aliphatic heterocycles. The fourth-order valence-electron chi connectivity index (χ4n) is 9.89. The molecule has 0 spiro atoms. The van der Waals surface area contributed by atoms with Gasteiger partial charge < -0.3 is 13.7 Å². The zero-order valence-corrected chi connectivity index (χ0v) is 35.9. The maximum absolute atomic E-state index is 9.32. The highest BCUT2D eigenvalue weighted by Crippen LogP contribution is 2.40. The van der Waals surface area contributed by atoms with Gasteiger partial charge in [-0.1, -0.05) is 127 Å². The third-order valence-electron chi connectivity index (χ3n) is 13.3. The Kier molecular flexibility index (Phi) is 7.99.